The number of ether oxygens (including phenoxy) is 2. The molecule has 1 aromatic heterocycles. The van der Waals surface area contributed by atoms with E-state index in [1.807, 2.05) is 0 Å². The number of hydrogen-bond donors (Lipinski definition) is 2. The van der Waals surface area contributed by atoms with Gasteiger partial charge in [-0.15, -0.1) is 10.2 Å². The normalized spacial score (nSPS) is 11.7. The Labute approximate surface area is 185 Å². The van der Waals surface area contributed by atoms with E-state index in [9.17, 15) is 14.4 Å². The van der Waals surface area contributed by atoms with Crippen molar-refractivity contribution in [3.63, 3.8) is 0 Å². The van der Waals surface area contributed by atoms with Crippen molar-refractivity contribution in [2.24, 2.45) is 0 Å². The number of carboxylic acids is 1. The molecule has 0 aliphatic carbocycles. The number of carbonyl (C=O) groups is 3. The van der Waals surface area contributed by atoms with E-state index in [-0.39, 0.29) is 18.4 Å². The van der Waals surface area contributed by atoms with Gasteiger partial charge < -0.3 is 19.9 Å². The highest BCUT2D eigenvalue weighted by Crippen LogP contribution is 2.36. The number of rotatable bonds is 11. The fraction of sp³-hybridized carbons (Fsp3) is 0.375. The number of carbonyl (C=O) groups excluding carboxylic acids is 2. The molecule has 14 heteroatoms. The first-order valence-corrected chi connectivity index (χ1v) is 9.93. The molecule has 0 bridgehead atoms. The van der Waals surface area contributed by atoms with Crippen molar-refractivity contribution in [2.75, 3.05) is 20.3 Å². The first kappa shape index (κ1) is 23.9. The number of nitrogens with zero attached hydrogens (tertiary/aromatic N) is 4. The zero-order valence-corrected chi connectivity index (χ0v) is 17.9. The molecule has 0 saturated carbocycles. The number of halogens is 2. The number of amides is 1. The number of hydrogen-bond acceptors (Lipinski definition) is 9. The van der Waals surface area contributed by atoms with Gasteiger partial charge in [0.15, 0.2) is 5.78 Å². The maximum Gasteiger partial charge on any atom is 0.407 e. The summed E-state index contributed by atoms with van der Waals surface area (Å²) in [5, 5.41) is 23.8. The van der Waals surface area contributed by atoms with Crippen LogP contribution >= 0.6 is 35.0 Å². The fourth-order valence-corrected chi connectivity index (χ4v) is 3.43. The van der Waals surface area contributed by atoms with Crippen LogP contribution in [0.5, 0.6) is 0 Å². The SMILES string of the molecule is COCCOC(=O)NC(CC(=O)O)C(=O)Cn1nnc(Sc2c(Cl)cccc2Cl)n1. The zero-order valence-electron chi connectivity index (χ0n) is 15.6. The van der Waals surface area contributed by atoms with Crippen molar-refractivity contribution >= 4 is 52.8 Å². The Bertz CT molecular complexity index is 892. The van der Waals surface area contributed by atoms with Crippen LogP contribution in [-0.4, -0.2) is 69.5 Å². The number of aliphatic carboxylic acids is 1. The van der Waals surface area contributed by atoms with E-state index in [0.29, 0.717) is 14.9 Å². The average Bonchev–Trinajstić information content (AvgIpc) is 3.11. The second-order valence-corrected chi connectivity index (χ2v) is 7.44. The minimum Gasteiger partial charge on any atom is -0.481 e. The smallest absolute Gasteiger partial charge is 0.407 e. The van der Waals surface area contributed by atoms with Gasteiger partial charge in [0, 0.05) is 7.11 Å². The van der Waals surface area contributed by atoms with Gasteiger partial charge in [-0.2, -0.15) is 4.80 Å². The molecule has 2 N–H and O–H groups in total. The summed E-state index contributed by atoms with van der Waals surface area (Å²) >= 11 is 13.2. The number of benzene rings is 1. The van der Waals surface area contributed by atoms with Crippen LogP contribution in [0.3, 0.4) is 0 Å². The minimum absolute atomic E-state index is 0.0495. The Kier molecular flexibility index (Phi) is 9.30. The minimum atomic E-state index is -1.34. The highest BCUT2D eigenvalue weighted by Gasteiger charge is 2.25. The van der Waals surface area contributed by atoms with E-state index in [1.54, 1.807) is 18.2 Å². The number of aromatic nitrogens is 4. The van der Waals surface area contributed by atoms with E-state index in [0.717, 1.165) is 16.6 Å². The van der Waals surface area contributed by atoms with E-state index in [1.165, 1.54) is 7.11 Å². The maximum atomic E-state index is 12.5. The predicted octanol–water partition coefficient (Wildman–Crippen LogP) is 1.92. The lowest BCUT2D eigenvalue weighted by atomic mass is 10.1. The van der Waals surface area contributed by atoms with Crippen molar-refractivity contribution < 1.29 is 29.0 Å². The lowest BCUT2D eigenvalue weighted by Gasteiger charge is -2.15. The molecule has 2 rings (SSSR count). The summed E-state index contributed by atoms with van der Waals surface area (Å²) in [6.45, 7) is -0.310. The van der Waals surface area contributed by atoms with Crippen LogP contribution in [0.2, 0.25) is 10.0 Å². The summed E-state index contributed by atoms with van der Waals surface area (Å²) < 4.78 is 9.53. The van der Waals surface area contributed by atoms with Gasteiger partial charge in [-0.1, -0.05) is 29.3 Å². The van der Waals surface area contributed by atoms with Crippen molar-refractivity contribution in [2.45, 2.75) is 29.1 Å². The van der Waals surface area contributed by atoms with Crippen molar-refractivity contribution in [1.82, 2.24) is 25.5 Å². The fourth-order valence-electron chi connectivity index (χ4n) is 2.08. The third kappa shape index (κ3) is 7.44. The molecule has 0 aliphatic rings. The molecule has 1 unspecified atom stereocenters. The first-order valence-electron chi connectivity index (χ1n) is 8.36. The molecule has 1 atom stereocenters. The first-order chi connectivity index (χ1) is 14.3. The molecule has 11 nitrogen and oxygen atoms in total. The molecule has 0 radical (unpaired) electrons. The van der Waals surface area contributed by atoms with Gasteiger partial charge in [0.2, 0.25) is 5.16 Å². The van der Waals surface area contributed by atoms with E-state index < -0.39 is 36.9 Å². The molecule has 1 aromatic carbocycles. The number of methoxy groups -OCH3 is 1. The number of nitrogens with one attached hydrogen (secondary N) is 1. The second kappa shape index (κ2) is 11.7. The Morgan fingerprint density at radius 1 is 1.27 bits per heavy atom. The van der Waals surface area contributed by atoms with Crippen LogP contribution in [0.15, 0.2) is 28.3 Å². The van der Waals surface area contributed by atoms with E-state index in [2.05, 4.69) is 20.7 Å². The van der Waals surface area contributed by atoms with E-state index >= 15 is 0 Å². The summed E-state index contributed by atoms with van der Waals surface area (Å²) in [5.41, 5.74) is 0. The average molecular weight is 478 g/mol. The topological polar surface area (TPSA) is 146 Å². The molecule has 0 spiro atoms. The highest BCUT2D eigenvalue weighted by atomic mass is 35.5. The van der Waals surface area contributed by atoms with Gasteiger partial charge in [0.25, 0.3) is 0 Å². The Hall–Kier alpha value is -2.41. The van der Waals surface area contributed by atoms with Gasteiger partial charge in [0.1, 0.15) is 19.2 Å². The summed E-state index contributed by atoms with van der Waals surface area (Å²) in [5.74, 6) is -1.92. The predicted molar refractivity (Wildman–Crippen MR) is 106 cm³/mol. The van der Waals surface area contributed by atoms with Gasteiger partial charge in [-0.05, 0) is 29.1 Å². The summed E-state index contributed by atoms with van der Waals surface area (Å²) in [6.07, 6.45) is -1.58. The maximum absolute atomic E-state index is 12.5. The number of tetrazole rings is 1. The standard InChI is InChI=1S/C16H17Cl2N5O6S/c1-28-5-6-29-16(27)19-11(7-13(25)26)12(24)8-23-21-15(20-22-23)30-14-9(17)3-2-4-10(14)18/h2-4,11H,5-8H2,1H3,(H,19,27)(H,25,26). The number of carboxylic acid groups (broad SMARTS) is 1. The molecular weight excluding hydrogens is 461 g/mol. The summed E-state index contributed by atoms with van der Waals surface area (Å²) in [6, 6.07) is 3.65. The Balaban J connectivity index is 2.01. The monoisotopic (exact) mass is 477 g/mol. The van der Waals surface area contributed by atoms with Gasteiger partial charge in [-0.3, -0.25) is 9.59 Å². The zero-order chi connectivity index (χ0) is 22.1. The molecule has 0 aliphatic heterocycles. The lowest BCUT2D eigenvalue weighted by Crippen LogP contribution is -2.44. The number of alkyl carbamates (subject to hydrolysis) is 1. The second-order valence-electron chi connectivity index (χ2n) is 5.65. The van der Waals surface area contributed by atoms with Crippen molar-refractivity contribution in [1.29, 1.82) is 0 Å². The molecule has 30 heavy (non-hydrogen) atoms. The van der Waals surface area contributed by atoms with Crippen LogP contribution in [0.1, 0.15) is 6.42 Å². The molecule has 162 valence electrons. The van der Waals surface area contributed by atoms with Gasteiger partial charge in [0.05, 0.1) is 28.0 Å². The molecule has 0 saturated heterocycles. The van der Waals surface area contributed by atoms with Crippen molar-refractivity contribution in [3.05, 3.63) is 28.2 Å². The third-order valence-electron chi connectivity index (χ3n) is 3.42. The van der Waals surface area contributed by atoms with Gasteiger partial charge in [-0.25, -0.2) is 4.79 Å². The largest absolute Gasteiger partial charge is 0.481 e. The van der Waals surface area contributed by atoms with Gasteiger partial charge >= 0.3 is 12.1 Å². The van der Waals surface area contributed by atoms with Crippen LogP contribution < -0.4 is 5.32 Å². The van der Waals surface area contributed by atoms with Crippen LogP contribution in [0, 0.1) is 0 Å². The molecule has 0 fully saturated rings. The number of ketones is 1. The van der Waals surface area contributed by atoms with E-state index in [4.69, 9.17) is 37.8 Å². The number of Topliss-reactive ketones (excluding diaryl/α,β-unsaturated/α-hetero) is 1. The summed E-state index contributed by atoms with van der Waals surface area (Å²) in [4.78, 5) is 36.7. The molecule has 1 amide bonds. The Morgan fingerprint density at radius 2 is 1.97 bits per heavy atom. The quantitative estimate of drug-likeness (QED) is 0.459. The lowest BCUT2D eigenvalue weighted by molar-refractivity contribution is -0.139. The third-order valence-corrected chi connectivity index (χ3v) is 5.27. The van der Waals surface area contributed by atoms with Crippen LogP contribution in [-0.2, 0) is 25.6 Å². The van der Waals surface area contributed by atoms with Crippen LogP contribution in [0.25, 0.3) is 0 Å². The highest BCUT2D eigenvalue weighted by molar-refractivity contribution is 7.99. The molecule has 1 heterocycles. The molecular formula is C16H17Cl2N5O6S. The van der Waals surface area contributed by atoms with Crippen molar-refractivity contribution in [3.8, 4) is 0 Å². The molecule has 2 aromatic rings. The summed E-state index contributed by atoms with van der Waals surface area (Å²) in [7, 11) is 1.43. The Morgan fingerprint density at radius 3 is 2.60 bits per heavy atom. The van der Waals surface area contributed by atoms with Crippen LogP contribution in [0.4, 0.5) is 4.79 Å².